The van der Waals surface area contributed by atoms with Gasteiger partial charge in [0.2, 0.25) is 0 Å². The van der Waals surface area contributed by atoms with Gasteiger partial charge in [-0.1, -0.05) is 89.6 Å². The van der Waals surface area contributed by atoms with E-state index in [1.54, 1.807) is 0 Å². The van der Waals surface area contributed by atoms with Gasteiger partial charge in [-0.15, -0.1) is 11.8 Å². The fraction of sp³-hybridized carbons (Fsp3) is 0.810. The van der Waals surface area contributed by atoms with Crippen LogP contribution in [0.25, 0.3) is 0 Å². The van der Waals surface area contributed by atoms with Crippen molar-refractivity contribution in [1.29, 1.82) is 0 Å². The van der Waals surface area contributed by atoms with Crippen LogP contribution in [0.3, 0.4) is 0 Å². The zero-order valence-electron chi connectivity index (χ0n) is 16.9. The van der Waals surface area contributed by atoms with Gasteiger partial charge in [-0.25, -0.2) is 0 Å². The van der Waals surface area contributed by atoms with E-state index in [0.717, 1.165) is 10.6 Å². The summed E-state index contributed by atoms with van der Waals surface area (Å²) >= 11 is 7.06. The molecule has 0 spiro atoms. The molecule has 0 aromatic rings. The molecule has 1 atom stereocenters. The predicted molar refractivity (Wildman–Crippen MR) is 116 cm³/mol. The Labute approximate surface area is 165 Å². The summed E-state index contributed by atoms with van der Waals surface area (Å²) in [5, 5.41) is 0. The van der Waals surface area contributed by atoms with Crippen molar-refractivity contribution in [3.05, 3.63) is 12.2 Å². The smallest absolute Gasteiger partial charge is 0.322 e. The first-order valence-corrected chi connectivity index (χ1v) is 11.1. The van der Waals surface area contributed by atoms with E-state index >= 15 is 0 Å². The molecule has 0 bridgehead atoms. The number of esters is 1. The third-order valence-electron chi connectivity index (χ3n) is 4.29. The average molecular weight is 387 g/mol. The number of hydrogen-bond acceptors (Lipinski definition) is 4. The lowest BCUT2D eigenvalue weighted by Gasteiger charge is -2.24. The summed E-state index contributed by atoms with van der Waals surface area (Å²) in [5.41, 5.74) is 0. The molecule has 0 amide bonds. The predicted octanol–water partition coefficient (Wildman–Crippen LogP) is 7.11. The summed E-state index contributed by atoms with van der Waals surface area (Å²) < 4.78 is 5.58. The van der Waals surface area contributed by atoms with Gasteiger partial charge in [0.15, 0.2) is 0 Å². The first-order valence-electron chi connectivity index (χ1n) is 9.86. The van der Waals surface area contributed by atoms with Gasteiger partial charge in [0.05, 0.1) is 4.20 Å². The minimum absolute atomic E-state index is 0.197. The highest BCUT2D eigenvalue weighted by atomic mass is 32.2. The highest BCUT2D eigenvalue weighted by Gasteiger charge is 2.32. The maximum Gasteiger partial charge on any atom is 0.322 e. The van der Waals surface area contributed by atoms with Crippen molar-refractivity contribution < 1.29 is 9.53 Å². The van der Waals surface area contributed by atoms with Gasteiger partial charge in [-0.2, -0.15) is 0 Å². The van der Waals surface area contributed by atoms with Crippen molar-refractivity contribution in [3.8, 4) is 0 Å². The van der Waals surface area contributed by atoms with E-state index in [1.165, 1.54) is 63.1 Å². The molecule has 0 radical (unpaired) electrons. The van der Waals surface area contributed by atoms with Gasteiger partial charge in [0.25, 0.3) is 0 Å². The van der Waals surface area contributed by atoms with E-state index in [9.17, 15) is 4.79 Å². The minimum atomic E-state index is -0.619. The topological polar surface area (TPSA) is 26.3 Å². The Morgan fingerprint density at radius 2 is 1.68 bits per heavy atom. The molecule has 0 aliphatic carbocycles. The molecule has 0 heterocycles. The van der Waals surface area contributed by atoms with Crippen LogP contribution in [0.5, 0.6) is 0 Å². The van der Waals surface area contributed by atoms with Crippen molar-refractivity contribution in [3.63, 3.8) is 0 Å². The molecule has 0 saturated carbocycles. The summed E-state index contributed by atoms with van der Waals surface area (Å²) in [4.78, 5) is 12.2. The molecule has 4 heteroatoms. The third kappa shape index (κ3) is 12.6. The molecule has 0 aromatic carbocycles. The first kappa shape index (κ1) is 24.7. The number of rotatable bonds is 14. The number of thiocarbonyl (C=S) groups is 1. The standard InChI is InChI=1S/C21H38O2S2/c1-6-8-10-11-12-13-14-15-16-18(3)19(24)25-21(4,5)20(22)23-17-9-7-2/h7,9,18H,6,8,10-17H2,1-5H3. The van der Waals surface area contributed by atoms with Crippen LogP contribution in [-0.2, 0) is 9.53 Å². The number of carbonyl (C=O) groups is 1. The molecule has 2 nitrogen and oxygen atoms in total. The van der Waals surface area contributed by atoms with Crippen LogP contribution in [0, 0.1) is 5.92 Å². The maximum absolute atomic E-state index is 12.2. The zero-order valence-corrected chi connectivity index (χ0v) is 18.6. The van der Waals surface area contributed by atoms with Crippen LogP contribution in [0.4, 0.5) is 0 Å². The van der Waals surface area contributed by atoms with Crippen molar-refractivity contribution in [2.45, 2.75) is 97.2 Å². The van der Waals surface area contributed by atoms with Crippen LogP contribution in [0.1, 0.15) is 92.4 Å². The van der Waals surface area contributed by atoms with Crippen LogP contribution in [0.2, 0.25) is 0 Å². The number of ether oxygens (including phenoxy) is 1. The second-order valence-electron chi connectivity index (χ2n) is 7.26. The highest BCUT2D eigenvalue weighted by Crippen LogP contribution is 2.32. The molecule has 0 rings (SSSR count). The van der Waals surface area contributed by atoms with Gasteiger partial charge >= 0.3 is 5.97 Å². The number of thioether (sulfide) groups is 1. The molecule has 1 unspecified atom stereocenters. The molecule has 146 valence electrons. The fourth-order valence-electron chi connectivity index (χ4n) is 2.49. The lowest BCUT2D eigenvalue weighted by Crippen LogP contribution is -2.32. The van der Waals surface area contributed by atoms with Crippen LogP contribution < -0.4 is 0 Å². The van der Waals surface area contributed by atoms with Crippen molar-refractivity contribution in [2.24, 2.45) is 5.92 Å². The van der Waals surface area contributed by atoms with Gasteiger partial charge in [-0.05, 0) is 33.1 Å². The van der Waals surface area contributed by atoms with Crippen molar-refractivity contribution in [2.75, 3.05) is 6.61 Å². The molecule has 0 N–H and O–H groups in total. The van der Waals surface area contributed by atoms with Gasteiger partial charge in [-0.3, -0.25) is 4.79 Å². The zero-order chi connectivity index (χ0) is 19.1. The second-order valence-corrected chi connectivity index (χ2v) is 9.63. The monoisotopic (exact) mass is 386 g/mol. The minimum Gasteiger partial charge on any atom is -0.460 e. The summed E-state index contributed by atoms with van der Waals surface area (Å²) in [6, 6.07) is 0. The van der Waals surface area contributed by atoms with Gasteiger partial charge < -0.3 is 4.74 Å². The van der Waals surface area contributed by atoms with E-state index < -0.39 is 4.75 Å². The molecular weight excluding hydrogens is 348 g/mol. The van der Waals surface area contributed by atoms with E-state index in [1.807, 2.05) is 32.9 Å². The quantitative estimate of drug-likeness (QED) is 0.137. The summed E-state index contributed by atoms with van der Waals surface area (Å²) in [5.74, 6) is 0.167. The fourth-order valence-corrected chi connectivity index (χ4v) is 4.20. The van der Waals surface area contributed by atoms with Crippen molar-refractivity contribution in [1.82, 2.24) is 0 Å². The Kier molecular flexibility index (Phi) is 14.6. The molecule has 0 aromatic heterocycles. The summed E-state index contributed by atoms with van der Waals surface area (Å²) in [7, 11) is 0. The number of allylic oxidation sites excluding steroid dienone is 1. The SMILES string of the molecule is CC=CCOC(=O)C(C)(C)SC(=S)C(C)CCCCCCCCCC. The maximum atomic E-state index is 12.2. The number of carbonyl (C=O) groups excluding carboxylic acids is 1. The number of hydrogen-bond donors (Lipinski definition) is 0. The molecule has 0 aliphatic heterocycles. The highest BCUT2D eigenvalue weighted by molar-refractivity contribution is 8.24. The van der Waals surface area contributed by atoms with Crippen LogP contribution in [-0.4, -0.2) is 21.5 Å². The lowest BCUT2D eigenvalue weighted by atomic mass is 10.0. The molecule has 0 aliphatic rings. The largest absolute Gasteiger partial charge is 0.460 e. The van der Waals surface area contributed by atoms with Gasteiger partial charge in [0, 0.05) is 0 Å². The Hall–Kier alpha value is -0.350. The summed E-state index contributed by atoms with van der Waals surface area (Å²) in [6.07, 6.45) is 15.5. The Morgan fingerprint density at radius 3 is 2.24 bits per heavy atom. The molecule has 0 fully saturated rings. The lowest BCUT2D eigenvalue weighted by molar-refractivity contribution is -0.144. The van der Waals surface area contributed by atoms with E-state index in [0.29, 0.717) is 12.5 Å². The van der Waals surface area contributed by atoms with E-state index in [-0.39, 0.29) is 5.97 Å². The number of unbranched alkanes of at least 4 members (excludes halogenated alkanes) is 7. The first-order chi connectivity index (χ1) is 11.8. The second kappa shape index (κ2) is 14.8. The normalized spacial score (nSPS) is 13.2. The average Bonchev–Trinajstić information content (AvgIpc) is 2.56. The Bertz CT molecular complexity index is 403. The van der Waals surface area contributed by atoms with E-state index in [4.69, 9.17) is 17.0 Å². The van der Waals surface area contributed by atoms with Crippen molar-refractivity contribution >= 4 is 34.1 Å². The molecular formula is C21H38O2S2. The van der Waals surface area contributed by atoms with Crippen LogP contribution in [0.15, 0.2) is 12.2 Å². The van der Waals surface area contributed by atoms with Gasteiger partial charge in [0.1, 0.15) is 11.4 Å². The molecule has 0 saturated heterocycles. The Balaban J connectivity index is 3.97. The van der Waals surface area contributed by atoms with Crippen LogP contribution >= 0.6 is 24.0 Å². The third-order valence-corrected chi connectivity index (χ3v) is 6.22. The summed E-state index contributed by atoms with van der Waals surface area (Å²) in [6.45, 7) is 10.5. The Morgan fingerprint density at radius 1 is 1.12 bits per heavy atom. The molecule has 25 heavy (non-hydrogen) atoms. The van der Waals surface area contributed by atoms with E-state index in [2.05, 4.69) is 13.8 Å².